The number of rotatable bonds is 4. The fourth-order valence-corrected chi connectivity index (χ4v) is 6.72. The Morgan fingerprint density at radius 2 is 2.00 bits per heavy atom. The van der Waals surface area contributed by atoms with Crippen LogP contribution in [0.2, 0.25) is 0 Å². The van der Waals surface area contributed by atoms with Gasteiger partial charge in [-0.25, -0.2) is 14.5 Å². The minimum atomic E-state index is -0.494. The van der Waals surface area contributed by atoms with Crippen LogP contribution in [0.4, 0.5) is 0 Å². The van der Waals surface area contributed by atoms with Gasteiger partial charge in [-0.05, 0) is 62.5 Å². The molecule has 7 rings (SSSR count). The zero-order chi connectivity index (χ0) is 19.6. The predicted molar refractivity (Wildman–Crippen MR) is 104 cm³/mol. The zero-order valence-electron chi connectivity index (χ0n) is 16.1. The first kappa shape index (κ1) is 17.0. The largest absolute Gasteiger partial charge is 0.420 e. The third-order valence-corrected chi connectivity index (χ3v) is 7.21. The van der Waals surface area contributed by atoms with Crippen molar-refractivity contribution in [2.45, 2.75) is 56.1 Å². The number of nitrogens with one attached hydrogen (secondary N) is 1. The number of carbonyl (C=O) groups is 1. The summed E-state index contributed by atoms with van der Waals surface area (Å²) in [4.78, 5) is 29.4. The Kier molecular flexibility index (Phi) is 3.40. The summed E-state index contributed by atoms with van der Waals surface area (Å²) in [6, 6.07) is 7.20. The molecular formula is C21H23N5O3. The van der Waals surface area contributed by atoms with Crippen LogP contribution < -0.4 is 11.1 Å². The maximum absolute atomic E-state index is 13.0. The molecule has 0 spiro atoms. The number of hydrogen-bond donors (Lipinski definition) is 1. The van der Waals surface area contributed by atoms with E-state index in [0.29, 0.717) is 22.9 Å². The van der Waals surface area contributed by atoms with Crippen molar-refractivity contribution in [2.24, 2.45) is 11.8 Å². The minimum absolute atomic E-state index is 0.0245. The summed E-state index contributed by atoms with van der Waals surface area (Å²) in [7, 11) is 0. The van der Waals surface area contributed by atoms with Gasteiger partial charge in [0.2, 0.25) is 5.91 Å². The van der Waals surface area contributed by atoms with Gasteiger partial charge in [0.1, 0.15) is 19.2 Å². The maximum Gasteiger partial charge on any atom is 0.420 e. The second-order valence-corrected chi connectivity index (χ2v) is 9.28. The second kappa shape index (κ2) is 5.81. The van der Waals surface area contributed by atoms with Crippen molar-refractivity contribution in [3.8, 4) is 0 Å². The van der Waals surface area contributed by atoms with E-state index in [1.54, 1.807) is 18.5 Å². The normalized spacial score (nSPS) is 32.7. The molecule has 4 fully saturated rings. The fraction of sp³-hybridized carbons (Fsp3) is 0.524. The van der Waals surface area contributed by atoms with Crippen molar-refractivity contribution in [1.82, 2.24) is 24.6 Å². The van der Waals surface area contributed by atoms with Crippen molar-refractivity contribution in [3.05, 3.63) is 47.5 Å². The standard InChI is InChI=1S/C21H23N5O3/c27-18(10-25-16-3-1-2-4-17(16)29-19(25)28)24-20-6-14-5-15(7-20)9-21(8-14,11-20)26-13-22-12-23-26/h1-4,12-15H,5-11H2,(H,24,27). The average molecular weight is 393 g/mol. The molecule has 3 aromatic rings. The molecule has 8 nitrogen and oxygen atoms in total. The number of fused-ring (bicyclic) bond motifs is 1. The van der Waals surface area contributed by atoms with E-state index in [1.165, 1.54) is 11.0 Å². The first-order valence-electron chi connectivity index (χ1n) is 10.3. The lowest BCUT2D eigenvalue weighted by atomic mass is 9.50. The molecule has 1 amide bonds. The number of amides is 1. The van der Waals surface area contributed by atoms with E-state index in [4.69, 9.17) is 4.42 Å². The molecule has 4 aliphatic rings. The highest BCUT2D eigenvalue weighted by Gasteiger charge is 2.59. The Morgan fingerprint density at radius 3 is 2.76 bits per heavy atom. The molecule has 8 heteroatoms. The third-order valence-electron chi connectivity index (χ3n) is 7.21. The fourth-order valence-electron chi connectivity index (χ4n) is 6.72. The molecular weight excluding hydrogens is 370 g/mol. The minimum Gasteiger partial charge on any atom is -0.408 e. The van der Waals surface area contributed by atoms with Gasteiger partial charge in [-0.2, -0.15) is 5.10 Å². The van der Waals surface area contributed by atoms with E-state index in [-0.39, 0.29) is 23.5 Å². The predicted octanol–water partition coefficient (Wildman–Crippen LogP) is 2.05. The first-order valence-corrected chi connectivity index (χ1v) is 10.3. The monoisotopic (exact) mass is 393 g/mol. The lowest BCUT2D eigenvalue weighted by Crippen LogP contribution is -2.66. The van der Waals surface area contributed by atoms with Gasteiger partial charge >= 0.3 is 5.76 Å². The summed E-state index contributed by atoms with van der Waals surface area (Å²) in [5.74, 6) is 0.566. The smallest absolute Gasteiger partial charge is 0.408 e. The van der Waals surface area contributed by atoms with Crippen molar-refractivity contribution in [1.29, 1.82) is 0 Å². The molecule has 0 saturated heterocycles. The van der Waals surface area contributed by atoms with Crippen molar-refractivity contribution in [3.63, 3.8) is 0 Å². The number of carbonyl (C=O) groups excluding carboxylic acids is 1. The van der Waals surface area contributed by atoms with Crippen LogP contribution in [0.15, 0.2) is 46.1 Å². The van der Waals surface area contributed by atoms with Gasteiger partial charge in [-0.15, -0.1) is 0 Å². The number of hydrogen-bond acceptors (Lipinski definition) is 5. The molecule has 4 bridgehead atoms. The molecule has 4 aliphatic carbocycles. The van der Waals surface area contributed by atoms with Crippen LogP contribution in [-0.2, 0) is 16.9 Å². The van der Waals surface area contributed by atoms with Gasteiger partial charge in [-0.3, -0.25) is 9.36 Å². The lowest BCUT2D eigenvalue weighted by Gasteiger charge is -2.61. The highest BCUT2D eigenvalue weighted by atomic mass is 16.4. The van der Waals surface area contributed by atoms with Gasteiger partial charge in [0.15, 0.2) is 5.58 Å². The number of para-hydroxylation sites is 2. The Bertz CT molecular complexity index is 1130. The molecule has 2 unspecified atom stereocenters. The maximum atomic E-state index is 13.0. The molecule has 0 aliphatic heterocycles. The number of aromatic nitrogens is 4. The highest BCUT2D eigenvalue weighted by Crippen LogP contribution is 2.60. The van der Waals surface area contributed by atoms with Crippen molar-refractivity contribution in [2.75, 3.05) is 0 Å². The van der Waals surface area contributed by atoms with E-state index in [0.717, 1.165) is 32.1 Å². The quantitative estimate of drug-likeness (QED) is 0.732. The second-order valence-electron chi connectivity index (χ2n) is 9.28. The van der Waals surface area contributed by atoms with Crippen molar-refractivity contribution < 1.29 is 9.21 Å². The molecule has 2 heterocycles. The van der Waals surface area contributed by atoms with E-state index in [9.17, 15) is 9.59 Å². The summed E-state index contributed by atoms with van der Waals surface area (Å²) in [6.07, 6.45) is 9.76. The Labute approximate surface area is 166 Å². The topological polar surface area (TPSA) is 94.9 Å². The van der Waals surface area contributed by atoms with E-state index < -0.39 is 5.76 Å². The van der Waals surface area contributed by atoms with Gasteiger partial charge in [-0.1, -0.05) is 12.1 Å². The van der Waals surface area contributed by atoms with Crippen LogP contribution in [-0.4, -0.2) is 30.8 Å². The first-order chi connectivity index (χ1) is 14.0. The van der Waals surface area contributed by atoms with Gasteiger partial charge in [0, 0.05) is 5.54 Å². The Balaban J connectivity index is 1.28. The van der Waals surface area contributed by atoms with Crippen LogP contribution in [0.25, 0.3) is 11.1 Å². The van der Waals surface area contributed by atoms with E-state index in [1.807, 2.05) is 23.1 Å². The molecule has 1 N–H and O–H groups in total. The van der Waals surface area contributed by atoms with Crippen LogP contribution in [0.5, 0.6) is 0 Å². The molecule has 2 aromatic heterocycles. The summed E-state index contributed by atoms with van der Waals surface area (Å²) in [6.45, 7) is -0.0245. The summed E-state index contributed by atoms with van der Waals surface area (Å²) >= 11 is 0. The summed E-state index contributed by atoms with van der Waals surface area (Å²) in [5.41, 5.74) is 0.881. The van der Waals surface area contributed by atoms with Crippen LogP contribution >= 0.6 is 0 Å². The number of nitrogens with zero attached hydrogens (tertiary/aromatic N) is 4. The van der Waals surface area contributed by atoms with Gasteiger partial charge in [0.25, 0.3) is 0 Å². The molecule has 0 radical (unpaired) electrons. The Morgan fingerprint density at radius 1 is 1.21 bits per heavy atom. The van der Waals surface area contributed by atoms with Gasteiger partial charge in [0.05, 0.1) is 11.1 Å². The molecule has 1 aromatic carbocycles. The third kappa shape index (κ3) is 2.58. The van der Waals surface area contributed by atoms with E-state index >= 15 is 0 Å². The molecule has 4 saturated carbocycles. The van der Waals surface area contributed by atoms with Crippen LogP contribution in [0, 0.1) is 11.8 Å². The number of oxazole rings is 1. The van der Waals surface area contributed by atoms with Gasteiger partial charge < -0.3 is 9.73 Å². The number of benzene rings is 1. The summed E-state index contributed by atoms with van der Waals surface area (Å²) < 4.78 is 8.71. The summed E-state index contributed by atoms with van der Waals surface area (Å²) in [5, 5.41) is 7.80. The van der Waals surface area contributed by atoms with E-state index in [2.05, 4.69) is 15.4 Å². The SMILES string of the molecule is O=C(Cn1c(=O)oc2ccccc21)NC12CC3CC(C1)CC(n1cncn1)(C3)C2. The lowest BCUT2D eigenvalue weighted by molar-refractivity contribution is -0.131. The van der Waals surface area contributed by atoms with Crippen molar-refractivity contribution >= 4 is 17.0 Å². The Hall–Kier alpha value is -2.90. The highest BCUT2D eigenvalue weighted by molar-refractivity contribution is 5.80. The zero-order valence-corrected chi connectivity index (χ0v) is 16.1. The van der Waals surface area contributed by atoms with Crippen LogP contribution in [0.1, 0.15) is 38.5 Å². The van der Waals surface area contributed by atoms with Crippen LogP contribution in [0.3, 0.4) is 0 Å². The molecule has 150 valence electrons. The average Bonchev–Trinajstić information content (AvgIpc) is 3.30. The molecule has 2 atom stereocenters. The molecule has 29 heavy (non-hydrogen) atoms.